The molecule has 4 rings (SSSR count). The van der Waals surface area contributed by atoms with Crippen molar-refractivity contribution in [2.75, 3.05) is 39.3 Å². The number of carbonyl (C=O) groups excluding carboxylic acids is 4. The highest BCUT2D eigenvalue weighted by molar-refractivity contribution is 6.09. The molecule has 0 aromatic heterocycles. The fourth-order valence-corrected chi connectivity index (χ4v) is 4.99. The highest BCUT2D eigenvalue weighted by Gasteiger charge is 2.51. The lowest BCUT2D eigenvalue weighted by molar-refractivity contribution is -0.143. The van der Waals surface area contributed by atoms with Gasteiger partial charge in [0.25, 0.3) is 5.91 Å². The highest BCUT2D eigenvalue weighted by atomic mass is 35.5. The molecule has 0 bridgehead atoms. The van der Waals surface area contributed by atoms with Crippen LogP contribution < -0.4 is 10.6 Å². The number of imide groups is 1. The minimum absolute atomic E-state index is 0. The number of amides is 5. The number of nitrogens with zero attached hydrogens (tertiary/aromatic N) is 3. The summed E-state index contributed by atoms with van der Waals surface area (Å²) < 4.78 is 0. The Morgan fingerprint density at radius 2 is 1.83 bits per heavy atom. The van der Waals surface area contributed by atoms with Gasteiger partial charge in [-0.2, -0.15) is 0 Å². The predicted molar refractivity (Wildman–Crippen MR) is 107 cm³/mol. The Kier molecular flexibility index (Phi) is 6.68. The van der Waals surface area contributed by atoms with Crippen LogP contribution >= 0.6 is 12.4 Å². The van der Waals surface area contributed by atoms with Gasteiger partial charge < -0.3 is 20.4 Å². The second kappa shape index (κ2) is 8.87. The molecule has 10 heteroatoms. The summed E-state index contributed by atoms with van der Waals surface area (Å²) >= 11 is 0. The van der Waals surface area contributed by atoms with E-state index in [9.17, 15) is 19.2 Å². The number of hydrogen-bond acceptors (Lipinski definition) is 5. The van der Waals surface area contributed by atoms with Crippen LogP contribution in [0.3, 0.4) is 0 Å². The fourth-order valence-electron chi connectivity index (χ4n) is 4.99. The standard InChI is InChI=1S/C19H29N5O4.ClH/c25-15-11-20-8-10-23(15)14-5-4-9-22(12-14)16(26)13-24-17(27)19(21-18(24)28)6-2-1-3-7-19;/h14,20H,1-13H2,(H,21,28);1H. The molecule has 9 nitrogen and oxygen atoms in total. The average molecular weight is 428 g/mol. The van der Waals surface area contributed by atoms with Gasteiger partial charge >= 0.3 is 6.03 Å². The minimum Gasteiger partial charge on any atom is -0.339 e. The lowest BCUT2D eigenvalue weighted by Gasteiger charge is -2.41. The van der Waals surface area contributed by atoms with Gasteiger partial charge in [-0.15, -0.1) is 12.4 Å². The summed E-state index contributed by atoms with van der Waals surface area (Å²) in [6, 6.07) is -0.439. The second-order valence-electron chi connectivity index (χ2n) is 8.36. The van der Waals surface area contributed by atoms with Crippen LogP contribution in [-0.4, -0.2) is 89.3 Å². The number of nitrogens with one attached hydrogen (secondary N) is 2. The van der Waals surface area contributed by atoms with Crippen LogP contribution in [-0.2, 0) is 14.4 Å². The zero-order valence-corrected chi connectivity index (χ0v) is 17.5. The highest BCUT2D eigenvalue weighted by Crippen LogP contribution is 2.33. The van der Waals surface area contributed by atoms with E-state index in [0.717, 1.165) is 43.5 Å². The van der Waals surface area contributed by atoms with Gasteiger partial charge in [-0.05, 0) is 25.7 Å². The molecule has 2 N–H and O–H groups in total. The van der Waals surface area contributed by atoms with Gasteiger partial charge in [0.05, 0.1) is 6.54 Å². The van der Waals surface area contributed by atoms with E-state index in [0.29, 0.717) is 39.0 Å². The molecule has 4 aliphatic rings. The minimum atomic E-state index is -0.798. The van der Waals surface area contributed by atoms with Gasteiger partial charge in [0.15, 0.2) is 0 Å². The van der Waals surface area contributed by atoms with E-state index in [-0.39, 0.29) is 42.7 Å². The molecule has 0 aromatic carbocycles. The van der Waals surface area contributed by atoms with Crippen LogP contribution in [0.15, 0.2) is 0 Å². The SMILES string of the molecule is Cl.O=C(CN1C(=O)NC2(CCCCC2)C1=O)N1CCCC(N2CCNCC2=O)C1. The van der Waals surface area contributed by atoms with Crippen LogP contribution in [0.2, 0.25) is 0 Å². The summed E-state index contributed by atoms with van der Waals surface area (Å²) in [6.07, 6.45) is 5.90. The molecule has 1 saturated carbocycles. The maximum Gasteiger partial charge on any atom is 0.325 e. The van der Waals surface area contributed by atoms with Gasteiger partial charge in [-0.1, -0.05) is 19.3 Å². The molecule has 1 unspecified atom stereocenters. The third-order valence-electron chi connectivity index (χ3n) is 6.56. The van der Waals surface area contributed by atoms with Crippen molar-refractivity contribution in [1.29, 1.82) is 0 Å². The molecule has 3 heterocycles. The maximum absolute atomic E-state index is 12.9. The summed E-state index contributed by atoms with van der Waals surface area (Å²) in [5.41, 5.74) is -0.798. The van der Waals surface area contributed by atoms with E-state index < -0.39 is 11.6 Å². The fraction of sp³-hybridized carbons (Fsp3) is 0.789. The second-order valence-corrected chi connectivity index (χ2v) is 8.36. The van der Waals surface area contributed by atoms with Crippen LogP contribution in [0.1, 0.15) is 44.9 Å². The predicted octanol–water partition coefficient (Wildman–Crippen LogP) is 0.0857. The van der Waals surface area contributed by atoms with Crippen LogP contribution in [0.5, 0.6) is 0 Å². The van der Waals surface area contributed by atoms with Crippen molar-refractivity contribution in [3.63, 3.8) is 0 Å². The molecule has 1 atom stereocenters. The molecule has 0 radical (unpaired) electrons. The monoisotopic (exact) mass is 427 g/mol. The quantitative estimate of drug-likeness (QED) is 0.621. The largest absolute Gasteiger partial charge is 0.339 e. The zero-order chi connectivity index (χ0) is 19.7. The normalized spacial score (nSPS) is 27.1. The topological polar surface area (TPSA) is 102 Å². The molecular weight excluding hydrogens is 398 g/mol. The van der Waals surface area contributed by atoms with Gasteiger partial charge in [-0.25, -0.2) is 4.79 Å². The lowest BCUT2D eigenvalue weighted by atomic mass is 9.82. The number of rotatable bonds is 3. The van der Waals surface area contributed by atoms with Gasteiger partial charge in [0, 0.05) is 32.2 Å². The molecule has 29 heavy (non-hydrogen) atoms. The molecule has 1 spiro atoms. The summed E-state index contributed by atoms with van der Waals surface area (Å²) in [4.78, 5) is 55.0. The molecule has 1 aliphatic carbocycles. The summed E-state index contributed by atoms with van der Waals surface area (Å²) in [7, 11) is 0. The lowest BCUT2D eigenvalue weighted by Crippen LogP contribution is -2.58. The average Bonchev–Trinajstić information content (AvgIpc) is 2.93. The van der Waals surface area contributed by atoms with Crippen molar-refractivity contribution in [3.8, 4) is 0 Å². The van der Waals surface area contributed by atoms with E-state index in [1.807, 2.05) is 4.90 Å². The third-order valence-corrected chi connectivity index (χ3v) is 6.56. The number of carbonyl (C=O) groups is 4. The molecule has 0 aromatic rings. The molecule has 3 aliphatic heterocycles. The Hall–Kier alpha value is -1.87. The number of hydrogen-bond donors (Lipinski definition) is 2. The Morgan fingerprint density at radius 1 is 1.07 bits per heavy atom. The van der Waals surface area contributed by atoms with Crippen molar-refractivity contribution in [2.24, 2.45) is 0 Å². The Balaban J connectivity index is 0.00000240. The van der Waals surface area contributed by atoms with Gasteiger partial charge in [0.1, 0.15) is 12.1 Å². The number of halogens is 1. The molecular formula is C19H30ClN5O4. The van der Waals surface area contributed by atoms with Crippen molar-refractivity contribution in [2.45, 2.75) is 56.5 Å². The number of piperidine rings is 1. The molecule has 3 saturated heterocycles. The first-order valence-corrected chi connectivity index (χ1v) is 10.4. The van der Waals surface area contributed by atoms with E-state index in [1.165, 1.54) is 0 Å². The first-order valence-electron chi connectivity index (χ1n) is 10.4. The summed E-state index contributed by atoms with van der Waals surface area (Å²) in [5.74, 6) is -0.404. The van der Waals surface area contributed by atoms with Crippen molar-refractivity contribution in [3.05, 3.63) is 0 Å². The smallest absolute Gasteiger partial charge is 0.325 e. The Bertz CT molecular complexity index is 682. The number of urea groups is 1. The van der Waals surface area contributed by atoms with Crippen molar-refractivity contribution >= 4 is 36.2 Å². The van der Waals surface area contributed by atoms with E-state index in [2.05, 4.69) is 10.6 Å². The van der Waals surface area contributed by atoms with Crippen molar-refractivity contribution < 1.29 is 19.2 Å². The molecule has 4 fully saturated rings. The first-order chi connectivity index (χ1) is 13.5. The summed E-state index contributed by atoms with van der Waals surface area (Å²) in [5, 5.41) is 5.91. The van der Waals surface area contributed by atoms with E-state index >= 15 is 0 Å². The van der Waals surface area contributed by atoms with E-state index in [4.69, 9.17) is 0 Å². The Labute approximate surface area is 176 Å². The van der Waals surface area contributed by atoms with Crippen LogP contribution in [0.25, 0.3) is 0 Å². The third kappa shape index (κ3) is 4.21. The molecule has 162 valence electrons. The zero-order valence-electron chi connectivity index (χ0n) is 16.7. The summed E-state index contributed by atoms with van der Waals surface area (Å²) in [6.45, 7) is 2.62. The maximum atomic E-state index is 12.9. The number of likely N-dealkylation sites (tertiary alicyclic amines) is 1. The van der Waals surface area contributed by atoms with Gasteiger partial charge in [-0.3, -0.25) is 19.3 Å². The van der Waals surface area contributed by atoms with Crippen LogP contribution in [0, 0.1) is 0 Å². The first kappa shape index (κ1) is 21.8. The van der Waals surface area contributed by atoms with Gasteiger partial charge in [0.2, 0.25) is 11.8 Å². The van der Waals surface area contributed by atoms with Crippen LogP contribution in [0.4, 0.5) is 4.79 Å². The Morgan fingerprint density at radius 3 is 2.55 bits per heavy atom. The van der Waals surface area contributed by atoms with Crippen molar-refractivity contribution in [1.82, 2.24) is 25.3 Å². The molecule has 5 amide bonds. The van der Waals surface area contributed by atoms with E-state index in [1.54, 1.807) is 4.90 Å². The number of piperazine rings is 1.